The summed E-state index contributed by atoms with van der Waals surface area (Å²) in [7, 11) is -4.64. The predicted octanol–water partition coefficient (Wildman–Crippen LogP) is -0.222. The van der Waals surface area contributed by atoms with Crippen LogP contribution >= 0.6 is 7.82 Å². The van der Waals surface area contributed by atoms with Gasteiger partial charge in [0.15, 0.2) is 17.8 Å². The number of hydrogen-bond donors (Lipinski definition) is 7. The molecule has 1 unspecified atom stereocenters. The molecule has 33 heavy (non-hydrogen) atoms. The van der Waals surface area contributed by atoms with Crippen molar-refractivity contribution in [3.8, 4) is 0 Å². The fraction of sp³-hybridized carbons (Fsp3) is 0.353. The molecule has 1 saturated heterocycles. The molecular weight excluding hydrogens is 471 g/mol. The molecule has 0 bridgehead atoms. The number of halogens is 2. The quantitative estimate of drug-likeness (QED) is 0.224. The summed E-state index contributed by atoms with van der Waals surface area (Å²) < 4.78 is 45.4. The summed E-state index contributed by atoms with van der Waals surface area (Å²) in [5.74, 6) is -0.456. The van der Waals surface area contributed by atoms with Gasteiger partial charge in [-0.05, 0) is 18.2 Å². The summed E-state index contributed by atoms with van der Waals surface area (Å²) in [6.45, 7) is -0.492. The highest BCUT2D eigenvalue weighted by Crippen LogP contribution is 2.37. The van der Waals surface area contributed by atoms with Gasteiger partial charge in [-0.2, -0.15) is 0 Å². The van der Waals surface area contributed by atoms with E-state index in [1.54, 1.807) is 0 Å². The maximum atomic E-state index is 13.5. The molecule has 0 spiro atoms. The number of nitrogens with one attached hydrogen (secondary N) is 2. The SMILES string of the molecule is Fc1ccc(F)c(CNc2ncnc3nc[nH]c23)c1.O=P(O)(O)OC[C@H]1OC(O)[C@H](O)[C@@H]1O. The summed E-state index contributed by atoms with van der Waals surface area (Å²) in [4.78, 5) is 31.5. The van der Waals surface area contributed by atoms with Gasteiger partial charge >= 0.3 is 7.82 Å². The molecule has 7 N–H and O–H groups in total. The molecule has 1 aliphatic rings. The van der Waals surface area contributed by atoms with Crippen LogP contribution in [0.1, 0.15) is 5.56 Å². The molecule has 1 fully saturated rings. The van der Waals surface area contributed by atoms with Gasteiger partial charge in [-0.3, -0.25) is 4.52 Å². The zero-order chi connectivity index (χ0) is 24.2. The Bertz CT molecular complexity index is 1130. The number of benzene rings is 1. The molecule has 13 nitrogen and oxygen atoms in total. The van der Waals surface area contributed by atoms with E-state index in [1.165, 1.54) is 12.7 Å². The third-order valence-electron chi connectivity index (χ3n) is 4.42. The number of aromatic nitrogens is 4. The Morgan fingerprint density at radius 1 is 1.15 bits per heavy atom. The van der Waals surface area contributed by atoms with Gasteiger partial charge in [0.1, 0.15) is 41.8 Å². The first-order valence-electron chi connectivity index (χ1n) is 9.27. The number of phosphoric acid groups is 1. The number of H-pyrrole nitrogens is 1. The first kappa shape index (κ1) is 25.0. The molecular formula is C17H20F2N5O8P. The summed E-state index contributed by atoms with van der Waals surface area (Å²) in [6, 6.07) is 3.32. The van der Waals surface area contributed by atoms with Crippen LogP contribution in [0.25, 0.3) is 11.2 Å². The number of fused-ring (bicyclic) bond motifs is 1. The molecule has 0 aliphatic carbocycles. The number of anilines is 1. The van der Waals surface area contributed by atoms with Crippen molar-refractivity contribution >= 4 is 24.8 Å². The Balaban J connectivity index is 0.000000196. The molecule has 4 atom stereocenters. The van der Waals surface area contributed by atoms with E-state index in [4.69, 9.17) is 25.1 Å². The van der Waals surface area contributed by atoms with Gasteiger partial charge in [0, 0.05) is 12.1 Å². The molecule has 2 aromatic heterocycles. The summed E-state index contributed by atoms with van der Waals surface area (Å²) in [5, 5.41) is 30.0. The van der Waals surface area contributed by atoms with Crippen LogP contribution in [0.15, 0.2) is 30.9 Å². The predicted molar refractivity (Wildman–Crippen MR) is 106 cm³/mol. The fourth-order valence-corrected chi connectivity index (χ4v) is 3.14. The van der Waals surface area contributed by atoms with Gasteiger partial charge in [-0.1, -0.05) is 0 Å². The number of aliphatic hydroxyl groups is 3. The number of rotatable bonds is 6. The Hall–Kier alpha value is -2.62. The van der Waals surface area contributed by atoms with Crippen molar-refractivity contribution in [2.45, 2.75) is 31.1 Å². The molecule has 3 aromatic rings. The number of imidazole rings is 1. The minimum atomic E-state index is -4.64. The Morgan fingerprint density at radius 2 is 1.91 bits per heavy atom. The Morgan fingerprint density at radius 3 is 2.58 bits per heavy atom. The Labute approximate surface area is 184 Å². The minimum Gasteiger partial charge on any atom is -0.387 e. The van der Waals surface area contributed by atoms with E-state index in [-0.39, 0.29) is 12.1 Å². The average molecular weight is 491 g/mol. The normalized spacial score (nSPS) is 22.8. The van der Waals surface area contributed by atoms with Gasteiger partial charge in [0.25, 0.3) is 0 Å². The van der Waals surface area contributed by atoms with Crippen LogP contribution in [-0.4, -0.2) is 76.3 Å². The van der Waals surface area contributed by atoms with Crippen LogP contribution < -0.4 is 5.32 Å². The molecule has 0 saturated carbocycles. The lowest BCUT2D eigenvalue weighted by Crippen LogP contribution is -2.34. The number of phosphoric ester groups is 1. The van der Waals surface area contributed by atoms with E-state index in [0.717, 1.165) is 18.2 Å². The smallest absolute Gasteiger partial charge is 0.387 e. The number of hydrogen-bond acceptors (Lipinski definition) is 10. The van der Waals surface area contributed by atoms with Gasteiger partial charge in [0.2, 0.25) is 0 Å². The lowest BCUT2D eigenvalue weighted by atomic mass is 10.1. The van der Waals surface area contributed by atoms with E-state index >= 15 is 0 Å². The van der Waals surface area contributed by atoms with E-state index in [0.29, 0.717) is 17.0 Å². The average Bonchev–Trinajstić information content (AvgIpc) is 3.34. The van der Waals surface area contributed by atoms with Crippen LogP contribution in [0.5, 0.6) is 0 Å². The van der Waals surface area contributed by atoms with Crippen molar-refractivity contribution in [2.75, 3.05) is 11.9 Å². The number of nitrogens with zero attached hydrogens (tertiary/aromatic N) is 3. The monoisotopic (exact) mass is 491 g/mol. The molecule has 0 amide bonds. The molecule has 1 aliphatic heterocycles. The van der Waals surface area contributed by atoms with Gasteiger partial charge in [-0.15, -0.1) is 0 Å². The van der Waals surface area contributed by atoms with Crippen LogP contribution in [0.4, 0.5) is 14.6 Å². The topological polar surface area (TPSA) is 203 Å². The largest absolute Gasteiger partial charge is 0.469 e. The third kappa shape index (κ3) is 6.69. The molecule has 1 aromatic carbocycles. The molecule has 16 heteroatoms. The molecule has 0 radical (unpaired) electrons. The number of aliphatic hydroxyl groups excluding tert-OH is 3. The van der Waals surface area contributed by atoms with Crippen LogP contribution in [0.2, 0.25) is 0 Å². The number of ether oxygens (including phenoxy) is 1. The minimum absolute atomic E-state index is 0.120. The Kier molecular flexibility index (Phi) is 7.99. The lowest BCUT2D eigenvalue weighted by Gasteiger charge is -2.14. The summed E-state index contributed by atoms with van der Waals surface area (Å²) in [6.07, 6.45) is -2.82. The second-order valence-corrected chi connectivity index (χ2v) is 7.98. The number of aromatic amines is 1. The fourth-order valence-electron chi connectivity index (χ4n) is 2.79. The lowest BCUT2D eigenvalue weighted by molar-refractivity contribution is -0.132. The van der Waals surface area contributed by atoms with Gasteiger partial charge < -0.3 is 40.1 Å². The first-order valence-corrected chi connectivity index (χ1v) is 10.8. The summed E-state index contributed by atoms with van der Waals surface area (Å²) >= 11 is 0. The van der Waals surface area contributed by atoms with Crippen molar-refractivity contribution < 1.29 is 47.7 Å². The maximum absolute atomic E-state index is 13.5. The van der Waals surface area contributed by atoms with E-state index < -0.39 is 50.7 Å². The highest BCUT2D eigenvalue weighted by molar-refractivity contribution is 7.46. The van der Waals surface area contributed by atoms with Crippen molar-refractivity contribution in [2.24, 2.45) is 0 Å². The molecule has 180 valence electrons. The summed E-state index contributed by atoms with van der Waals surface area (Å²) in [5.41, 5.74) is 1.36. The molecule has 4 rings (SSSR count). The van der Waals surface area contributed by atoms with E-state index in [9.17, 15) is 13.3 Å². The van der Waals surface area contributed by atoms with Crippen LogP contribution in [-0.2, 0) is 20.4 Å². The highest BCUT2D eigenvalue weighted by atomic mass is 31.2. The van der Waals surface area contributed by atoms with Crippen LogP contribution in [0.3, 0.4) is 0 Å². The molecule has 3 heterocycles. The van der Waals surface area contributed by atoms with Crippen molar-refractivity contribution in [3.63, 3.8) is 0 Å². The second-order valence-electron chi connectivity index (χ2n) is 6.75. The van der Waals surface area contributed by atoms with Crippen molar-refractivity contribution in [1.29, 1.82) is 0 Å². The third-order valence-corrected chi connectivity index (χ3v) is 4.91. The van der Waals surface area contributed by atoms with Crippen LogP contribution in [0, 0.1) is 11.6 Å². The van der Waals surface area contributed by atoms with Crippen molar-refractivity contribution in [1.82, 2.24) is 19.9 Å². The second kappa shape index (κ2) is 10.5. The standard InChI is InChI=1S/C12H9F2N5.C5H11O8P/c13-8-1-2-9(14)7(3-8)4-15-11-10-12(17-5-16-10)19-6-18-11;6-3-2(1-12-14(9,10)11)13-5(8)4(3)7/h1-3,5-6H,4H2,(H2,15,16,17,18,19);2-8H,1H2,(H2,9,10,11)/t;2-,3-,4-,5?/m.1/s1. The van der Waals surface area contributed by atoms with E-state index in [1.807, 2.05) is 0 Å². The maximum Gasteiger partial charge on any atom is 0.469 e. The first-order chi connectivity index (χ1) is 15.5. The van der Waals surface area contributed by atoms with Crippen molar-refractivity contribution in [3.05, 3.63) is 48.1 Å². The zero-order valence-electron chi connectivity index (χ0n) is 16.6. The van der Waals surface area contributed by atoms with Gasteiger partial charge in [0.05, 0.1) is 12.9 Å². The van der Waals surface area contributed by atoms with Gasteiger partial charge in [-0.25, -0.2) is 28.3 Å². The highest BCUT2D eigenvalue weighted by Gasteiger charge is 2.42. The van der Waals surface area contributed by atoms with E-state index in [2.05, 4.69) is 34.5 Å². The zero-order valence-corrected chi connectivity index (χ0v) is 17.5.